The highest BCUT2D eigenvalue weighted by atomic mass is 35.5. The third kappa shape index (κ3) is 10.1. The zero-order chi connectivity index (χ0) is 45.1. The van der Waals surface area contributed by atoms with Crippen LogP contribution in [0.3, 0.4) is 0 Å². The number of benzene rings is 4. The van der Waals surface area contributed by atoms with Crippen molar-refractivity contribution in [3.05, 3.63) is 153 Å². The standard InChI is InChI=1S/C46H42Cl2N8O8/c47-31-7-1-25(2-8-31)23-55-43(59)37(53-45(55)61)17-27-5-11-35-33(15-27)29(21-51-35)19-39(49)63-41(57)13-14-42(58)64-40(50)20-30-22-52-36-12-6-28(16-34(30)36)18-38-44(60)56(46(62)54-38)24-26-3-9-32(48)10-4-26/h1-16,21-22,37-40,51-52H,17-20,23-24,49-50H2,(H,53,61)(H,54,62)/b14-13-. The van der Waals surface area contributed by atoms with Crippen LogP contribution in [0.15, 0.2) is 109 Å². The number of ether oxygens (including phenoxy) is 2. The molecule has 4 heterocycles. The summed E-state index contributed by atoms with van der Waals surface area (Å²) in [5.74, 6) is -2.41. The molecule has 16 nitrogen and oxygen atoms in total. The SMILES string of the molecule is NC(Cc1c[nH]c2ccc(CC3NC(=O)N(Cc4ccc(Cl)cc4)C3=O)cc12)OC(=O)/C=C\C(=O)OC(N)Cc1c[nH]c2ccc(CC3NC(=O)N(Cc4ccc(Cl)cc4)C3=O)cc12. The van der Waals surface area contributed by atoms with Gasteiger partial charge in [0.05, 0.1) is 13.1 Å². The van der Waals surface area contributed by atoms with Gasteiger partial charge >= 0.3 is 24.0 Å². The summed E-state index contributed by atoms with van der Waals surface area (Å²) in [6.45, 7) is 0.247. The minimum absolute atomic E-state index is 0.123. The van der Waals surface area contributed by atoms with E-state index in [1.54, 1.807) is 60.9 Å². The van der Waals surface area contributed by atoms with Crippen molar-refractivity contribution in [3.8, 4) is 0 Å². The Labute approximate surface area is 375 Å². The minimum atomic E-state index is -1.07. The number of carbonyl (C=O) groups is 6. The predicted molar refractivity (Wildman–Crippen MR) is 237 cm³/mol. The third-order valence-corrected chi connectivity index (χ3v) is 11.5. The Kier molecular flexibility index (Phi) is 12.8. The Hall–Kier alpha value is -6.98. The number of halogens is 2. The van der Waals surface area contributed by atoms with E-state index in [1.807, 2.05) is 36.4 Å². The highest BCUT2D eigenvalue weighted by molar-refractivity contribution is 6.30. The van der Waals surface area contributed by atoms with Crippen LogP contribution in [-0.2, 0) is 67.4 Å². The lowest BCUT2D eigenvalue weighted by Gasteiger charge is -2.14. The highest BCUT2D eigenvalue weighted by Gasteiger charge is 2.39. The van der Waals surface area contributed by atoms with Crippen LogP contribution in [-0.4, -0.2) is 80.1 Å². The Balaban J connectivity index is 0.807. The Morgan fingerprint density at radius 3 is 1.36 bits per heavy atom. The van der Waals surface area contributed by atoms with E-state index in [0.29, 0.717) is 10.0 Å². The highest BCUT2D eigenvalue weighted by Crippen LogP contribution is 2.26. The van der Waals surface area contributed by atoms with Crippen molar-refractivity contribution in [2.24, 2.45) is 11.5 Å². The number of imide groups is 2. The normalized spacial score (nSPS) is 17.4. The van der Waals surface area contributed by atoms with Crippen molar-refractivity contribution >= 4 is 80.8 Å². The van der Waals surface area contributed by atoms with Crippen molar-refractivity contribution in [2.75, 3.05) is 0 Å². The average molecular weight is 906 g/mol. The van der Waals surface area contributed by atoms with E-state index in [9.17, 15) is 28.8 Å². The zero-order valence-corrected chi connectivity index (χ0v) is 35.5. The molecular formula is C46H42Cl2N8O8. The summed E-state index contributed by atoms with van der Waals surface area (Å²) in [4.78, 5) is 85.7. The summed E-state index contributed by atoms with van der Waals surface area (Å²) >= 11 is 11.9. The molecular weight excluding hydrogens is 863 g/mol. The fourth-order valence-corrected chi connectivity index (χ4v) is 8.07. The van der Waals surface area contributed by atoms with Crippen molar-refractivity contribution in [3.63, 3.8) is 0 Å². The second-order valence-electron chi connectivity index (χ2n) is 15.6. The predicted octanol–water partition coefficient (Wildman–Crippen LogP) is 5.28. The van der Waals surface area contributed by atoms with Crippen LogP contribution in [0.25, 0.3) is 21.8 Å². The van der Waals surface area contributed by atoms with Crippen LogP contribution in [0, 0.1) is 0 Å². The van der Waals surface area contributed by atoms with Gasteiger partial charge in [-0.05, 0) is 81.9 Å². The fraction of sp³-hybridized carbons (Fsp3) is 0.217. The first-order valence-corrected chi connectivity index (χ1v) is 21.0. The van der Waals surface area contributed by atoms with E-state index >= 15 is 0 Å². The first kappa shape index (κ1) is 43.7. The molecule has 0 bridgehead atoms. The van der Waals surface area contributed by atoms with Crippen LogP contribution < -0.4 is 22.1 Å². The number of aromatic amines is 2. The Morgan fingerprint density at radius 1 is 0.594 bits per heavy atom. The van der Waals surface area contributed by atoms with Crippen molar-refractivity contribution in [1.82, 2.24) is 30.4 Å². The maximum atomic E-state index is 13.2. The number of rotatable bonds is 16. The van der Waals surface area contributed by atoms with E-state index in [-0.39, 0.29) is 50.6 Å². The minimum Gasteiger partial charge on any atom is -0.443 e. The molecule has 6 aromatic rings. The van der Waals surface area contributed by atoms with Crippen LogP contribution in [0.4, 0.5) is 9.59 Å². The summed E-state index contributed by atoms with van der Waals surface area (Å²) in [7, 11) is 0. The number of hydrogen-bond donors (Lipinski definition) is 6. The number of nitrogens with one attached hydrogen (secondary N) is 4. The van der Waals surface area contributed by atoms with Crippen LogP contribution in [0.1, 0.15) is 33.4 Å². The molecule has 2 saturated heterocycles. The van der Waals surface area contributed by atoms with Crippen molar-refractivity contribution < 1.29 is 38.2 Å². The second-order valence-corrected chi connectivity index (χ2v) is 16.5. The van der Waals surface area contributed by atoms with Gasteiger partial charge in [-0.1, -0.05) is 59.6 Å². The number of nitrogens with two attached hydrogens (primary N) is 2. The fourth-order valence-electron chi connectivity index (χ4n) is 7.82. The Bertz CT molecular complexity index is 2620. The number of esters is 2. The molecule has 328 valence electrons. The molecule has 0 radical (unpaired) electrons. The van der Waals surface area contributed by atoms with Crippen molar-refractivity contribution in [2.45, 2.75) is 63.3 Å². The quantitative estimate of drug-likeness (QED) is 0.0318. The molecule has 0 spiro atoms. The maximum Gasteiger partial charge on any atom is 0.332 e. The summed E-state index contributed by atoms with van der Waals surface area (Å²) in [5, 5.41) is 8.25. The summed E-state index contributed by atoms with van der Waals surface area (Å²) in [5.41, 5.74) is 18.6. The maximum absolute atomic E-state index is 13.2. The number of amides is 6. The number of fused-ring (bicyclic) bond motifs is 2. The summed E-state index contributed by atoms with van der Waals surface area (Å²) in [6.07, 6.45) is 3.94. The van der Waals surface area contributed by atoms with Crippen LogP contribution in [0.2, 0.25) is 10.0 Å². The summed E-state index contributed by atoms with van der Waals surface area (Å²) in [6, 6.07) is 22.6. The lowest BCUT2D eigenvalue weighted by atomic mass is 10.0. The number of aromatic nitrogens is 2. The van der Waals surface area contributed by atoms with Gasteiger partial charge in [0, 0.05) is 82.1 Å². The van der Waals surface area contributed by atoms with Gasteiger partial charge in [0.15, 0.2) is 12.5 Å². The molecule has 64 heavy (non-hydrogen) atoms. The molecule has 8 N–H and O–H groups in total. The molecule has 6 amide bonds. The van der Waals surface area contributed by atoms with Gasteiger partial charge in [0.2, 0.25) is 0 Å². The first-order valence-electron chi connectivity index (χ1n) is 20.3. The number of urea groups is 2. The van der Waals surface area contributed by atoms with E-state index in [1.165, 1.54) is 9.80 Å². The average Bonchev–Trinajstić information content (AvgIpc) is 3.99. The molecule has 4 aromatic carbocycles. The lowest BCUT2D eigenvalue weighted by molar-refractivity contribution is -0.145. The topological polar surface area (TPSA) is 235 Å². The molecule has 18 heteroatoms. The first-order chi connectivity index (χ1) is 30.8. The van der Waals surface area contributed by atoms with Gasteiger partial charge in [-0.15, -0.1) is 0 Å². The van der Waals surface area contributed by atoms with E-state index in [4.69, 9.17) is 44.1 Å². The number of H-pyrrole nitrogens is 2. The van der Waals surface area contributed by atoms with Gasteiger partial charge in [0.25, 0.3) is 11.8 Å². The molecule has 8 rings (SSSR count). The number of nitrogens with zero attached hydrogens (tertiary/aromatic N) is 2. The van der Waals surface area contributed by atoms with Gasteiger partial charge in [-0.3, -0.25) is 30.9 Å². The molecule has 2 aliphatic rings. The smallest absolute Gasteiger partial charge is 0.332 e. The molecule has 0 saturated carbocycles. The molecule has 0 aliphatic carbocycles. The Morgan fingerprint density at radius 2 is 0.969 bits per heavy atom. The second kappa shape index (κ2) is 18.8. The zero-order valence-electron chi connectivity index (χ0n) is 34.0. The number of carbonyl (C=O) groups excluding carboxylic acids is 6. The number of hydrogen-bond acceptors (Lipinski definition) is 10. The van der Waals surface area contributed by atoms with Gasteiger partial charge < -0.3 is 30.1 Å². The lowest BCUT2D eigenvalue weighted by Crippen LogP contribution is -2.32. The molecule has 4 unspecified atom stereocenters. The van der Waals surface area contributed by atoms with E-state index in [0.717, 1.165) is 67.3 Å². The van der Waals surface area contributed by atoms with E-state index < -0.39 is 48.5 Å². The molecule has 4 atom stereocenters. The summed E-state index contributed by atoms with van der Waals surface area (Å²) < 4.78 is 10.7. The van der Waals surface area contributed by atoms with Crippen LogP contribution >= 0.6 is 23.2 Å². The van der Waals surface area contributed by atoms with Crippen molar-refractivity contribution in [1.29, 1.82) is 0 Å². The molecule has 2 fully saturated rings. The molecule has 2 aromatic heterocycles. The van der Waals surface area contributed by atoms with E-state index in [2.05, 4.69) is 20.6 Å². The van der Waals surface area contributed by atoms with Gasteiger partial charge in [-0.2, -0.15) is 0 Å². The largest absolute Gasteiger partial charge is 0.443 e. The van der Waals surface area contributed by atoms with Gasteiger partial charge in [-0.25, -0.2) is 19.2 Å². The monoisotopic (exact) mass is 904 g/mol. The van der Waals surface area contributed by atoms with Gasteiger partial charge in [0.1, 0.15) is 12.1 Å². The third-order valence-electron chi connectivity index (χ3n) is 11.0. The van der Waals surface area contributed by atoms with Crippen LogP contribution in [0.5, 0.6) is 0 Å². The molecule has 2 aliphatic heterocycles.